The number of carboxylic acid groups (broad SMARTS) is 1. The van der Waals surface area contributed by atoms with Crippen LogP contribution < -0.4 is 15.8 Å². The van der Waals surface area contributed by atoms with Crippen molar-refractivity contribution in [3.63, 3.8) is 0 Å². The molecule has 12 heteroatoms. The van der Waals surface area contributed by atoms with Crippen LogP contribution in [0.2, 0.25) is 5.15 Å². The van der Waals surface area contributed by atoms with Crippen molar-refractivity contribution < 1.29 is 19.4 Å². The van der Waals surface area contributed by atoms with E-state index in [-0.39, 0.29) is 22.5 Å². The maximum absolute atomic E-state index is 13.4. The van der Waals surface area contributed by atoms with E-state index < -0.39 is 12.0 Å². The molecule has 0 bridgehead atoms. The van der Waals surface area contributed by atoms with E-state index in [1.807, 2.05) is 24.8 Å². The Kier molecular flexibility index (Phi) is 7.02. The van der Waals surface area contributed by atoms with Gasteiger partial charge in [0.2, 0.25) is 5.95 Å². The largest absolute Gasteiger partial charge is 0.476 e. The molecule has 0 spiro atoms. The van der Waals surface area contributed by atoms with Gasteiger partial charge >= 0.3 is 12.1 Å². The summed E-state index contributed by atoms with van der Waals surface area (Å²) in [6.07, 6.45) is -0.384. The van der Waals surface area contributed by atoms with Crippen molar-refractivity contribution in [2.75, 3.05) is 43.5 Å². The molecule has 1 aromatic carbocycles. The Morgan fingerprint density at radius 2 is 1.86 bits per heavy atom. The average Bonchev–Trinajstić information content (AvgIpc) is 2.86. The smallest absolute Gasteiger partial charge is 0.409 e. The first-order valence-corrected chi connectivity index (χ1v) is 11.7. The predicted molar refractivity (Wildman–Crippen MR) is 136 cm³/mol. The number of pyridine rings is 1. The number of hydrogen-bond donors (Lipinski definition) is 2. The summed E-state index contributed by atoms with van der Waals surface area (Å²) in [5.74, 6) is -0.713. The average molecular weight is 515 g/mol. The second-order valence-corrected chi connectivity index (χ2v) is 9.06. The van der Waals surface area contributed by atoms with Gasteiger partial charge in [-0.05, 0) is 37.6 Å². The van der Waals surface area contributed by atoms with Gasteiger partial charge in [-0.3, -0.25) is 9.36 Å². The molecule has 0 saturated carbocycles. The summed E-state index contributed by atoms with van der Waals surface area (Å²) in [5, 5.41) is 13.3. The van der Waals surface area contributed by atoms with E-state index in [0.29, 0.717) is 48.7 Å². The van der Waals surface area contributed by atoms with Gasteiger partial charge in [0.05, 0.1) is 29.7 Å². The van der Waals surface area contributed by atoms with Crippen LogP contribution in [0.3, 0.4) is 0 Å². The number of halogens is 1. The normalized spacial score (nSPS) is 14.6. The number of nitrogens with one attached hydrogen (secondary N) is 1. The number of aryl methyl sites for hydroxylation is 1. The van der Waals surface area contributed by atoms with Crippen molar-refractivity contribution in [1.82, 2.24) is 19.4 Å². The quantitative estimate of drug-likeness (QED) is 0.493. The van der Waals surface area contributed by atoms with Crippen molar-refractivity contribution in [2.45, 2.75) is 19.9 Å². The number of carbonyl (C=O) groups excluding carboxylic acids is 1. The van der Waals surface area contributed by atoms with E-state index in [4.69, 9.17) is 21.3 Å². The number of rotatable bonds is 5. The molecule has 1 fully saturated rings. The highest BCUT2D eigenvalue weighted by Gasteiger charge is 2.26. The van der Waals surface area contributed by atoms with Crippen molar-refractivity contribution in [1.29, 1.82) is 0 Å². The van der Waals surface area contributed by atoms with E-state index in [9.17, 15) is 19.5 Å². The van der Waals surface area contributed by atoms with Gasteiger partial charge in [0, 0.05) is 38.8 Å². The maximum Gasteiger partial charge on any atom is 0.409 e. The monoisotopic (exact) mass is 514 g/mol. The molecule has 1 amide bonds. The van der Waals surface area contributed by atoms with Crippen LogP contribution in [-0.2, 0) is 11.8 Å². The molecule has 1 atom stereocenters. The number of benzene rings is 1. The van der Waals surface area contributed by atoms with Crippen LogP contribution in [0.1, 0.15) is 34.6 Å². The Bertz CT molecular complexity index is 1400. The molecular formula is C24H27ClN6O5. The van der Waals surface area contributed by atoms with E-state index in [0.717, 1.165) is 11.1 Å². The van der Waals surface area contributed by atoms with Crippen LogP contribution >= 0.6 is 11.6 Å². The second kappa shape index (κ2) is 10.0. The van der Waals surface area contributed by atoms with Crippen molar-refractivity contribution in [2.24, 2.45) is 7.05 Å². The highest BCUT2D eigenvalue weighted by Crippen LogP contribution is 2.29. The molecule has 1 aliphatic heterocycles. The molecule has 1 saturated heterocycles. The summed E-state index contributed by atoms with van der Waals surface area (Å²) < 4.78 is 6.32. The Morgan fingerprint density at radius 1 is 1.17 bits per heavy atom. The zero-order chi connectivity index (χ0) is 26.1. The molecule has 0 unspecified atom stereocenters. The lowest BCUT2D eigenvalue weighted by molar-refractivity contribution is 0.0691. The van der Waals surface area contributed by atoms with Gasteiger partial charge in [0.1, 0.15) is 5.15 Å². The second-order valence-electron chi connectivity index (χ2n) is 8.67. The number of hydrogen-bond acceptors (Lipinski definition) is 8. The van der Waals surface area contributed by atoms with E-state index in [2.05, 4.69) is 10.3 Å². The predicted octanol–water partition coefficient (Wildman–Crippen LogP) is 3.05. The molecule has 11 nitrogen and oxygen atoms in total. The third-order valence-electron chi connectivity index (χ3n) is 6.23. The molecular weight excluding hydrogens is 488 g/mol. The molecule has 2 aromatic heterocycles. The summed E-state index contributed by atoms with van der Waals surface area (Å²) in [5.41, 5.74) is 2.05. The van der Waals surface area contributed by atoms with Gasteiger partial charge in [0.25, 0.3) is 5.56 Å². The fourth-order valence-corrected chi connectivity index (χ4v) is 4.55. The van der Waals surface area contributed by atoms with Gasteiger partial charge in [-0.1, -0.05) is 17.7 Å². The minimum Gasteiger partial charge on any atom is -0.476 e. The third-order valence-corrected chi connectivity index (χ3v) is 6.44. The number of aromatic carboxylic acids is 1. The molecule has 0 radical (unpaired) electrons. The Morgan fingerprint density at radius 3 is 2.50 bits per heavy atom. The first kappa shape index (κ1) is 25.2. The van der Waals surface area contributed by atoms with Gasteiger partial charge in [-0.2, -0.15) is 0 Å². The molecule has 4 rings (SSSR count). The number of piperazine rings is 1. The number of anilines is 2. The van der Waals surface area contributed by atoms with Gasteiger partial charge in [-0.25, -0.2) is 19.6 Å². The molecule has 190 valence electrons. The zero-order valence-electron chi connectivity index (χ0n) is 20.4. The summed E-state index contributed by atoms with van der Waals surface area (Å²) in [4.78, 5) is 49.3. The lowest BCUT2D eigenvalue weighted by Crippen LogP contribution is -2.50. The highest BCUT2D eigenvalue weighted by molar-refractivity contribution is 6.29. The Labute approximate surface area is 212 Å². The Balaban J connectivity index is 1.74. The molecule has 2 N–H and O–H groups in total. The number of fused-ring (bicyclic) bond motifs is 1. The van der Waals surface area contributed by atoms with Crippen LogP contribution in [0.5, 0.6) is 0 Å². The van der Waals surface area contributed by atoms with Crippen LogP contribution in [-0.4, -0.2) is 69.9 Å². The molecule has 3 aromatic rings. The van der Waals surface area contributed by atoms with Crippen LogP contribution in [0.25, 0.3) is 10.9 Å². The minimum atomic E-state index is -1.21. The first-order chi connectivity index (χ1) is 17.1. The zero-order valence-corrected chi connectivity index (χ0v) is 21.2. The highest BCUT2D eigenvalue weighted by atomic mass is 35.5. The number of aromatic nitrogens is 3. The number of nitrogens with zero attached hydrogens (tertiary/aromatic N) is 5. The molecule has 1 aliphatic rings. The fourth-order valence-electron chi connectivity index (χ4n) is 4.40. The van der Waals surface area contributed by atoms with Crippen LogP contribution in [0.15, 0.2) is 29.1 Å². The fraction of sp³-hybridized carbons (Fsp3) is 0.375. The van der Waals surface area contributed by atoms with Gasteiger partial charge in [-0.15, -0.1) is 0 Å². The van der Waals surface area contributed by atoms with Crippen molar-refractivity contribution >= 4 is 46.2 Å². The standard InChI is InChI=1S/C24H27ClN6O5/c1-13-11-15(14(2)26-17-5-6-18(25)27-20(17)22(33)34)19-16(12-13)21(32)29(3)23(28-19)30-7-9-31(10-8-30)24(35)36-4/h5-6,11-12,14,26H,7-10H2,1-4H3,(H,33,34)/t14-/m1/s1. The number of methoxy groups -OCH3 is 1. The first-order valence-electron chi connectivity index (χ1n) is 11.4. The van der Waals surface area contributed by atoms with Gasteiger partial charge in [0.15, 0.2) is 5.69 Å². The van der Waals surface area contributed by atoms with Crippen molar-refractivity contribution in [3.05, 3.63) is 56.6 Å². The molecule has 0 aliphatic carbocycles. The number of carbonyl (C=O) groups is 2. The topological polar surface area (TPSA) is 130 Å². The SMILES string of the molecule is COC(=O)N1CCN(c2nc3c([C@@H](C)Nc4ccc(Cl)nc4C(=O)O)cc(C)cc3c(=O)n2C)CC1. The number of amides is 1. The van der Waals surface area contributed by atoms with Crippen molar-refractivity contribution in [3.8, 4) is 0 Å². The summed E-state index contributed by atoms with van der Waals surface area (Å²) in [6, 6.07) is 6.39. The summed E-state index contributed by atoms with van der Waals surface area (Å²) in [7, 11) is 3.03. The molecule has 3 heterocycles. The van der Waals surface area contributed by atoms with E-state index in [1.54, 1.807) is 24.1 Å². The lowest BCUT2D eigenvalue weighted by Gasteiger charge is -2.35. The van der Waals surface area contributed by atoms with E-state index >= 15 is 0 Å². The van der Waals surface area contributed by atoms with Gasteiger partial charge < -0.3 is 25.0 Å². The third kappa shape index (κ3) is 4.78. The minimum absolute atomic E-state index is 0.0775. The summed E-state index contributed by atoms with van der Waals surface area (Å²) >= 11 is 5.89. The van der Waals surface area contributed by atoms with Crippen LogP contribution in [0.4, 0.5) is 16.4 Å². The number of carboxylic acids is 1. The van der Waals surface area contributed by atoms with Crippen LogP contribution in [0, 0.1) is 6.92 Å². The number of ether oxygens (including phenoxy) is 1. The molecule has 36 heavy (non-hydrogen) atoms. The Hall–Kier alpha value is -3.86. The maximum atomic E-state index is 13.4. The lowest BCUT2D eigenvalue weighted by atomic mass is 10.0. The summed E-state index contributed by atoms with van der Waals surface area (Å²) in [6.45, 7) is 5.63. The van der Waals surface area contributed by atoms with E-state index in [1.165, 1.54) is 17.7 Å².